The van der Waals surface area contributed by atoms with E-state index in [0.717, 1.165) is 77.5 Å². The molecule has 0 aromatic heterocycles. The van der Waals surface area contributed by atoms with Gasteiger partial charge in [0, 0.05) is 0 Å². The molecule has 12 aromatic carbocycles. The van der Waals surface area contributed by atoms with E-state index in [1.807, 2.05) is 182 Å². The van der Waals surface area contributed by atoms with Gasteiger partial charge in [-0.15, -0.1) is 0 Å². The van der Waals surface area contributed by atoms with Crippen LogP contribution in [0.15, 0.2) is 242 Å². The van der Waals surface area contributed by atoms with Crippen LogP contribution in [0.25, 0.3) is 86.2 Å². The van der Waals surface area contributed by atoms with Crippen LogP contribution >= 0.6 is 0 Å². The van der Waals surface area contributed by atoms with E-state index in [1.165, 1.54) is 31.3 Å². The molecule has 0 N–H and O–H groups in total. The summed E-state index contributed by atoms with van der Waals surface area (Å²) < 4.78 is 42.5. The molecule has 1 saturated heterocycles. The highest BCUT2D eigenvalue weighted by Gasteiger charge is 2.60. The molecule has 1 heterocycles. The molecule has 14 atom stereocenters. The van der Waals surface area contributed by atoms with Gasteiger partial charge < -0.3 is 28.4 Å². The van der Waals surface area contributed by atoms with Crippen LogP contribution in [-0.2, 0) is 28.4 Å². The monoisotopic (exact) mass is 1380 g/mol. The summed E-state index contributed by atoms with van der Waals surface area (Å²) >= 11 is 0. The molecular formula is C94H88O10. The average Bonchev–Trinajstić information content (AvgIpc) is 1.69. The second-order valence-corrected chi connectivity index (χ2v) is 31.5. The zero-order chi connectivity index (χ0) is 71.1. The van der Waals surface area contributed by atoms with E-state index in [0.29, 0.717) is 81.4 Å². The van der Waals surface area contributed by atoms with Gasteiger partial charge in [-0.05, 0) is 263 Å². The summed E-state index contributed by atoms with van der Waals surface area (Å²) in [5.41, 5.74) is 2.60. The minimum absolute atomic E-state index is 0.0715. The van der Waals surface area contributed by atoms with Gasteiger partial charge >= 0.3 is 23.9 Å². The van der Waals surface area contributed by atoms with Gasteiger partial charge in [0.15, 0.2) is 24.6 Å². The highest BCUT2D eigenvalue weighted by Crippen LogP contribution is 2.67. The Balaban J connectivity index is 0.778. The van der Waals surface area contributed by atoms with E-state index >= 15 is 19.2 Å². The fourth-order valence-corrected chi connectivity index (χ4v) is 19.4. The van der Waals surface area contributed by atoms with Crippen LogP contribution in [0.5, 0.6) is 0 Å². The standard InChI is InChI=1S/C94H88O10/c1-55(2)56(3)35-36-57(4)81-39-40-82-76-38-37-70-53-71(41-43-93(70,5)83(76)42-44-94(81,82)6)100-92-87(104-91(98)75-34-18-30-69-48-61-22-10-14-26-65(61)52-80(69)75)86(103-90(97)74-33-17-29-68-47-60-21-9-13-25-64(60)51-79(68)74)85(102-89(96)73-32-16-28-67-46-59-20-8-12-24-63(59)50-78(67)73)84(101-92)54-99-88(95)72-31-15-27-66-45-58-19-7-11-23-62(58)49-77(66)72/h7-37,45-52,55-57,71,76,81-87,92H,38-44,53-54H2,1-6H3/b36-35+/t56-,57+,71-,76-,81+,82-,83-,84+,85+,86-,87+,92+,93-,94+/m0/s1. The van der Waals surface area contributed by atoms with Crippen LogP contribution in [0, 0.1) is 52.3 Å². The Morgan fingerprint density at radius 2 is 0.875 bits per heavy atom. The number of ether oxygens (including phenoxy) is 6. The Morgan fingerprint density at radius 1 is 0.452 bits per heavy atom. The van der Waals surface area contributed by atoms with Crippen molar-refractivity contribution in [3.63, 3.8) is 0 Å². The van der Waals surface area contributed by atoms with E-state index in [2.05, 4.69) is 71.9 Å². The third-order valence-electron chi connectivity index (χ3n) is 25.4. The molecule has 12 aromatic rings. The Morgan fingerprint density at radius 3 is 1.34 bits per heavy atom. The van der Waals surface area contributed by atoms with Crippen LogP contribution in [-0.4, -0.2) is 67.3 Å². The molecule has 17 rings (SSSR count). The first-order valence-electron chi connectivity index (χ1n) is 37.7. The number of rotatable bonds is 15. The Kier molecular flexibility index (Phi) is 17.6. The second-order valence-electron chi connectivity index (χ2n) is 31.5. The first-order valence-corrected chi connectivity index (χ1v) is 37.7. The SMILES string of the molecule is CC(C)[C@@H](C)/C=C/[C@@H](C)[C@H]1CC[C@H]2[C@@H]3CC=C4C[C@@H](O[C@@H]5O[C@H](COC(=O)c6cccc7cc8ccccc8cc67)[C@@H](OC(=O)c6cccc7cc8ccccc8cc67)[C@H](OC(=O)c6cccc7cc8ccccc8cc67)[C@H]5OC(=O)c5cccc6cc7ccccc7cc56)CC[C@]4(C)[C@H]3CC[C@]12C. The van der Waals surface area contributed by atoms with Gasteiger partial charge in [0.25, 0.3) is 0 Å². The molecule has 0 radical (unpaired) electrons. The summed E-state index contributed by atoms with van der Waals surface area (Å²) in [5, 5.41) is 13.6. The fourth-order valence-electron chi connectivity index (χ4n) is 19.4. The van der Waals surface area contributed by atoms with Crippen LogP contribution < -0.4 is 0 Å². The third-order valence-corrected chi connectivity index (χ3v) is 25.4. The zero-order valence-corrected chi connectivity index (χ0v) is 60.0. The van der Waals surface area contributed by atoms with Crippen molar-refractivity contribution in [1.29, 1.82) is 0 Å². The highest BCUT2D eigenvalue weighted by atomic mass is 16.7. The molecule has 10 heteroatoms. The lowest BCUT2D eigenvalue weighted by atomic mass is 9.47. The van der Waals surface area contributed by atoms with Gasteiger partial charge in [0.1, 0.15) is 12.7 Å². The highest BCUT2D eigenvalue weighted by molar-refractivity contribution is 6.12. The second kappa shape index (κ2) is 27.2. The van der Waals surface area contributed by atoms with E-state index < -0.39 is 67.3 Å². The summed E-state index contributed by atoms with van der Waals surface area (Å²) in [7, 11) is 0. The van der Waals surface area contributed by atoms with Crippen molar-refractivity contribution >= 4 is 110 Å². The number of allylic oxidation sites excluding steroid dienone is 3. The summed E-state index contributed by atoms with van der Waals surface area (Å²) in [6.45, 7) is 14.0. The summed E-state index contributed by atoms with van der Waals surface area (Å²) in [6.07, 6.45) is 7.36. The molecule has 0 bridgehead atoms. The molecule has 10 nitrogen and oxygen atoms in total. The maximum Gasteiger partial charge on any atom is 0.339 e. The van der Waals surface area contributed by atoms with E-state index in [4.69, 9.17) is 28.4 Å². The van der Waals surface area contributed by atoms with Gasteiger partial charge in [-0.2, -0.15) is 0 Å². The Hall–Kier alpha value is -10.0. The number of fused-ring (bicyclic) bond motifs is 13. The van der Waals surface area contributed by atoms with Gasteiger partial charge in [0.05, 0.1) is 28.4 Å². The molecule has 3 saturated carbocycles. The molecule has 5 aliphatic rings. The smallest absolute Gasteiger partial charge is 0.339 e. The molecule has 0 unspecified atom stereocenters. The first-order chi connectivity index (χ1) is 50.5. The largest absolute Gasteiger partial charge is 0.459 e. The maximum absolute atomic E-state index is 16.0. The molecule has 4 fully saturated rings. The molecule has 0 amide bonds. The first kappa shape index (κ1) is 67.2. The fraction of sp³-hybridized carbons (Fsp3) is 0.319. The van der Waals surface area contributed by atoms with Gasteiger partial charge in [-0.3, -0.25) is 0 Å². The van der Waals surface area contributed by atoms with Crippen molar-refractivity contribution in [3.8, 4) is 0 Å². The minimum atomic E-state index is -1.66. The molecule has 4 aliphatic carbocycles. The van der Waals surface area contributed by atoms with Crippen LogP contribution in [0.3, 0.4) is 0 Å². The number of carbonyl (C=O) groups is 4. The molecule has 104 heavy (non-hydrogen) atoms. The summed E-state index contributed by atoms with van der Waals surface area (Å²) in [6, 6.07) is 70.1. The topological polar surface area (TPSA) is 124 Å². The van der Waals surface area contributed by atoms with Crippen molar-refractivity contribution < 1.29 is 47.6 Å². The quantitative estimate of drug-likeness (QED) is 0.0424. The number of benzene rings is 12. The predicted octanol–water partition coefficient (Wildman–Crippen LogP) is 21.9. The lowest BCUT2D eigenvalue weighted by Crippen LogP contribution is -2.63. The Bertz CT molecular complexity index is 5470. The molecule has 0 spiro atoms. The number of esters is 4. The van der Waals surface area contributed by atoms with Gasteiger partial charge in [-0.1, -0.05) is 211 Å². The van der Waals surface area contributed by atoms with Crippen molar-refractivity contribution in [2.75, 3.05) is 6.61 Å². The third kappa shape index (κ3) is 12.2. The molecule has 1 aliphatic heterocycles. The van der Waals surface area contributed by atoms with Crippen molar-refractivity contribution in [2.45, 2.75) is 130 Å². The van der Waals surface area contributed by atoms with E-state index in [1.54, 1.807) is 24.3 Å². The minimum Gasteiger partial charge on any atom is -0.459 e. The van der Waals surface area contributed by atoms with Crippen LogP contribution in [0.4, 0.5) is 0 Å². The number of hydrogen-bond donors (Lipinski definition) is 0. The Labute approximate surface area is 607 Å². The van der Waals surface area contributed by atoms with Crippen molar-refractivity contribution in [3.05, 3.63) is 264 Å². The van der Waals surface area contributed by atoms with Gasteiger partial charge in [-0.25, -0.2) is 19.2 Å². The molecule has 524 valence electrons. The lowest BCUT2D eigenvalue weighted by Gasteiger charge is -2.58. The lowest BCUT2D eigenvalue weighted by molar-refractivity contribution is -0.310. The normalized spacial score (nSPS) is 26.0. The zero-order valence-electron chi connectivity index (χ0n) is 60.0. The van der Waals surface area contributed by atoms with Crippen molar-refractivity contribution in [1.82, 2.24) is 0 Å². The molecular weight excluding hydrogens is 1290 g/mol. The summed E-state index contributed by atoms with van der Waals surface area (Å²) in [5.74, 6) is 1.11. The van der Waals surface area contributed by atoms with E-state index in [9.17, 15) is 0 Å². The predicted molar refractivity (Wildman–Crippen MR) is 415 cm³/mol. The maximum atomic E-state index is 16.0. The summed E-state index contributed by atoms with van der Waals surface area (Å²) in [4.78, 5) is 62.8. The van der Waals surface area contributed by atoms with Crippen LogP contribution in [0.1, 0.15) is 134 Å². The van der Waals surface area contributed by atoms with Gasteiger partial charge in [0.2, 0.25) is 0 Å². The van der Waals surface area contributed by atoms with E-state index in [-0.39, 0.29) is 27.5 Å². The van der Waals surface area contributed by atoms with Crippen LogP contribution in [0.2, 0.25) is 0 Å². The average molecular weight is 1380 g/mol. The van der Waals surface area contributed by atoms with Crippen molar-refractivity contribution in [2.24, 2.45) is 52.3 Å². The number of carbonyl (C=O) groups excluding carboxylic acids is 4. The number of hydrogen-bond acceptors (Lipinski definition) is 10.